The number of nitrogens with two attached hydrogens (primary N) is 1. The van der Waals surface area contributed by atoms with Crippen molar-refractivity contribution in [3.05, 3.63) is 34.2 Å². The first-order chi connectivity index (χ1) is 9.36. The van der Waals surface area contributed by atoms with E-state index >= 15 is 0 Å². The van der Waals surface area contributed by atoms with Crippen LogP contribution in [0.25, 0.3) is 11.3 Å². The predicted molar refractivity (Wildman–Crippen MR) is 84.9 cm³/mol. The van der Waals surface area contributed by atoms with Crippen LogP contribution in [0, 0.1) is 0 Å². The highest BCUT2D eigenvalue weighted by molar-refractivity contribution is 9.10. The fraction of sp³-hybridized carbons (Fsp3) is 0.400. The van der Waals surface area contributed by atoms with E-state index in [2.05, 4.69) is 58.8 Å². The van der Waals surface area contributed by atoms with Gasteiger partial charge in [0.05, 0.1) is 13.7 Å². The Morgan fingerprint density at radius 2 is 2.05 bits per heavy atom. The summed E-state index contributed by atoms with van der Waals surface area (Å²) in [5, 5.41) is 0. The van der Waals surface area contributed by atoms with E-state index in [9.17, 15) is 0 Å². The van der Waals surface area contributed by atoms with Crippen molar-refractivity contribution < 1.29 is 4.74 Å². The number of hydrogen-bond acceptors (Lipinski definition) is 3. The number of halogens is 1. The van der Waals surface area contributed by atoms with Crippen LogP contribution >= 0.6 is 15.9 Å². The highest BCUT2D eigenvalue weighted by atomic mass is 79.9. The summed E-state index contributed by atoms with van der Waals surface area (Å²) in [4.78, 5) is 7.65. The van der Waals surface area contributed by atoms with Crippen LogP contribution < -0.4 is 10.5 Å². The Balaban J connectivity index is 2.61. The third-order valence-electron chi connectivity index (χ3n) is 3.22. The molecule has 0 bridgehead atoms. The maximum Gasteiger partial charge on any atom is 0.128 e. The largest absolute Gasteiger partial charge is 0.496 e. The van der Waals surface area contributed by atoms with Crippen LogP contribution in [0.3, 0.4) is 0 Å². The van der Waals surface area contributed by atoms with Crippen molar-refractivity contribution in [1.29, 1.82) is 0 Å². The lowest BCUT2D eigenvalue weighted by atomic mass is 9.86. The number of aromatic nitrogens is 2. The van der Waals surface area contributed by atoms with Gasteiger partial charge in [0.25, 0.3) is 0 Å². The zero-order valence-electron chi connectivity index (χ0n) is 12.2. The second-order valence-electron chi connectivity index (χ2n) is 5.72. The van der Waals surface area contributed by atoms with Crippen LogP contribution in [0.15, 0.2) is 22.8 Å². The van der Waals surface area contributed by atoms with Crippen LogP contribution in [0.5, 0.6) is 5.75 Å². The Morgan fingerprint density at radius 1 is 1.35 bits per heavy atom. The maximum absolute atomic E-state index is 5.63. The molecule has 0 unspecified atom stereocenters. The topological polar surface area (TPSA) is 63.9 Å². The number of rotatable bonds is 3. The van der Waals surface area contributed by atoms with Crippen LogP contribution in [0.1, 0.15) is 32.2 Å². The van der Waals surface area contributed by atoms with Crippen LogP contribution in [-0.2, 0) is 12.0 Å². The molecule has 1 aromatic carbocycles. The van der Waals surface area contributed by atoms with Gasteiger partial charge in [-0.3, -0.25) is 0 Å². The van der Waals surface area contributed by atoms with Gasteiger partial charge in [-0.15, -0.1) is 0 Å². The summed E-state index contributed by atoms with van der Waals surface area (Å²) in [7, 11) is 1.67. The number of nitrogens with one attached hydrogen (secondary N) is 1. The minimum Gasteiger partial charge on any atom is -0.496 e. The number of nitrogens with zero attached hydrogens (tertiary/aromatic N) is 1. The number of hydrogen-bond donors (Lipinski definition) is 2. The number of methoxy groups -OCH3 is 1. The van der Waals surface area contributed by atoms with E-state index < -0.39 is 0 Å². The number of imidazole rings is 1. The normalized spacial score (nSPS) is 11.7. The fourth-order valence-corrected chi connectivity index (χ4v) is 2.56. The van der Waals surface area contributed by atoms with Crippen molar-refractivity contribution >= 4 is 15.9 Å². The van der Waals surface area contributed by atoms with Gasteiger partial charge in [0.1, 0.15) is 21.9 Å². The monoisotopic (exact) mass is 337 g/mol. The van der Waals surface area contributed by atoms with Crippen molar-refractivity contribution in [2.45, 2.75) is 32.7 Å². The summed E-state index contributed by atoms with van der Waals surface area (Å²) in [6.45, 7) is 6.93. The molecule has 20 heavy (non-hydrogen) atoms. The summed E-state index contributed by atoms with van der Waals surface area (Å²) in [5.74, 6) is 1.55. The minimum atomic E-state index is 0.0699. The molecule has 2 rings (SSSR count). The smallest absolute Gasteiger partial charge is 0.128 e. The van der Waals surface area contributed by atoms with Crippen molar-refractivity contribution in [3.8, 4) is 17.0 Å². The zero-order valence-corrected chi connectivity index (χ0v) is 13.8. The van der Waals surface area contributed by atoms with Gasteiger partial charge in [-0.25, -0.2) is 4.98 Å². The summed E-state index contributed by atoms with van der Waals surface area (Å²) in [6, 6.07) is 6.20. The highest BCUT2D eigenvalue weighted by Gasteiger charge is 2.19. The summed E-state index contributed by atoms with van der Waals surface area (Å²) < 4.78 is 6.28. The molecule has 0 radical (unpaired) electrons. The molecule has 0 saturated carbocycles. The maximum atomic E-state index is 5.63. The van der Waals surface area contributed by atoms with Gasteiger partial charge in [0.15, 0.2) is 0 Å². The lowest BCUT2D eigenvalue weighted by Crippen LogP contribution is -2.11. The van der Waals surface area contributed by atoms with Crippen molar-refractivity contribution in [2.75, 3.05) is 7.11 Å². The Bertz CT molecular complexity index is 614. The molecule has 1 heterocycles. The number of aromatic amines is 1. The van der Waals surface area contributed by atoms with Crippen molar-refractivity contribution in [2.24, 2.45) is 5.73 Å². The predicted octanol–water partition coefficient (Wildman–Crippen LogP) is 3.60. The SMILES string of the molecule is COc1ccc(C(C)(C)C)cc1-c1nc(CN)[nH]c1Br. The van der Waals surface area contributed by atoms with Crippen LogP contribution in [0.2, 0.25) is 0 Å². The number of benzene rings is 1. The Kier molecular flexibility index (Phi) is 4.20. The lowest BCUT2D eigenvalue weighted by Gasteiger charge is -2.20. The molecular weight excluding hydrogens is 318 g/mol. The first-order valence-corrected chi connectivity index (χ1v) is 7.29. The van der Waals surface area contributed by atoms with E-state index in [0.29, 0.717) is 6.54 Å². The van der Waals surface area contributed by atoms with Gasteiger partial charge in [-0.05, 0) is 39.0 Å². The molecule has 0 aliphatic rings. The average Bonchev–Trinajstić information content (AvgIpc) is 2.78. The first kappa shape index (κ1) is 15.1. The van der Waals surface area contributed by atoms with E-state index in [4.69, 9.17) is 10.5 Å². The molecule has 3 N–H and O–H groups in total. The highest BCUT2D eigenvalue weighted by Crippen LogP contribution is 2.36. The van der Waals surface area contributed by atoms with Gasteiger partial charge in [-0.2, -0.15) is 0 Å². The van der Waals surface area contributed by atoms with Gasteiger partial charge in [-0.1, -0.05) is 26.8 Å². The average molecular weight is 338 g/mol. The molecule has 0 saturated heterocycles. The van der Waals surface area contributed by atoms with E-state index in [1.807, 2.05) is 6.07 Å². The number of ether oxygens (including phenoxy) is 1. The van der Waals surface area contributed by atoms with E-state index in [1.54, 1.807) is 7.11 Å². The van der Waals surface area contributed by atoms with Gasteiger partial charge >= 0.3 is 0 Å². The molecule has 0 aliphatic carbocycles. The fourth-order valence-electron chi connectivity index (χ4n) is 2.03. The third-order valence-corrected chi connectivity index (χ3v) is 3.80. The molecule has 0 spiro atoms. The molecule has 5 heteroatoms. The van der Waals surface area contributed by atoms with Crippen LogP contribution in [0.4, 0.5) is 0 Å². The first-order valence-electron chi connectivity index (χ1n) is 6.50. The summed E-state index contributed by atoms with van der Waals surface area (Å²) in [5.41, 5.74) is 8.73. The molecule has 0 fully saturated rings. The molecule has 108 valence electrons. The Labute approximate surface area is 127 Å². The van der Waals surface area contributed by atoms with Gasteiger partial charge in [0.2, 0.25) is 0 Å². The van der Waals surface area contributed by atoms with Gasteiger partial charge < -0.3 is 15.5 Å². The van der Waals surface area contributed by atoms with Gasteiger partial charge in [0, 0.05) is 5.56 Å². The van der Waals surface area contributed by atoms with E-state index in [0.717, 1.165) is 27.4 Å². The Hall–Kier alpha value is -1.33. The molecule has 2 aromatic rings. The molecule has 0 amide bonds. The zero-order chi connectivity index (χ0) is 14.9. The minimum absolute atomic E-state index is 0.0699. The van der Waals surface area contributed by atoms with E-state index in [1.165, 1.54) is 5.56 Å². The van der Waals surface area contributed by atoms with Crippen molar-refractivity contribution in [3.63, 3.8) is 0 Å². The second-order valence-corrected chi connectivity index (χ2v) is 6.51. The molecular formula is C15H20BrN3O. The third kappa shape index (κ3) is 2.88. The van der Waals surface area contributed by atoms with E-state index in [-0.39, 0.29) is 5.41 Å². The Morgan fingerprint density at radius 3 is 2.55 bits per heavy atom. The molecule has 0 atom stereocenters. The standard InChI is InChI=1S/C15H20BrN3O/c1-15(2,3)9-5-6-11(20-4)10(7-9)13-14(16)19-12(8-17)18-13/h5-7H,8,17H2,1-4H3,(H,18,19). The number of H-pyrrole nitrogens is 1. The quantitative estimate of drug-likeness (QED) is 0.899. The molecule has 0 aliphatic heterocycles. The second kappa shape index (κ2) is 5.58. The van der Waals surface area contributed by atoms with Crippen LogP contribution in [-0.4, -0.2) is 17.1 Å². The molecule has 1 aromatic heterocycles. The lowest BCUT2D eigenvalue weighted by molar-refractivity contribution is 0.415. The summed E-state index contributed by atoms with van der Waals surface area (Å²) >= 11 is 3.50. The summed E-state index contributed by atoms with van der Waals surface area (Å²) in [6.07, 6.45) is 0. The molecule has 4 nitrogen and oxygen atoms in total. The van der Waals surface area contributed by atoms with Crippen molar-refractivity contribution in [1.82, 2.24) is 9.97 Å².